The van der Waals surface area contributed by atoms with Gasteiger partial charge in [-0.3, -0.25) is 9.59 Å². The molecule has 1 heterocycles. The first-order valence-corrected chi connectivity index (χ1v) is 7.33. The summed E-state index contributed by atoms with van der Waals surface area (Å²) in [5, 5.41) is 6.21. The zero-order chi connectivity index (χ0) is 14.3. The number of hydrogen-bond acceptors (Lipinski definition) is 4. The highest BCUT2D eigenvalue weighted by Crippen LogP contribution is 2.39. The number of fused-ring (bicyclic) bond motifs is 1. The Kier molecular flexibility index (Phi) is 3.17. The van der Waals surface area contributed by atoms with Gasteiger partial charge in [0, 0.05) is 18.5 Å². The largest absolute Gasteiger partial charge is 0.326 e. The number of carbonyl (C=O) groups is 2. The molecule has 6 heteroatoms. The summed E-state index contributed by atoms with van der Waals surface area (Å²) >= 11 is 1.42. The fraction of sp³-hybridized carbons (Fsp3) is 0.357. The van der Waals surface area contributed by atoms with Crippen molar-refractivity contribution in [2.45, 2.75) is 20.3 Å². The lowest BCUT2D eigenvalue weighted by molar-refractivity contribution is -0.117. The Balaban J connectivity index is 1.79. The van der Waals surface area contributed by atoms with E-state index in [0.29, 0.717) is 11.0 Å². The molecule has 0 saturated heterocycles. The molecule has 3 rings (SSSR count). The maximum absolute atomic E-state index is 11.9. The van der Waals surface area contributed by atoms with Gasteiger partial charge < -0.3 is 10.6 Å². The van der Waals surface area contributed by atoms with Gasteiger partial charge in [-0.15, -0.1) is 0 Å². The number of anilines is 2. The minimum atomic E-state index is -0.106. The third kappa shape index (κ3) is 2.65. The second kappa shape index (κ2) is 4.86. The number of thiazole rings is 1. The second-order valence-electron chi connectivity index (χ2n) is 5.19. The Hall–Kier alpha value is -1.95. The second-order valence-corrected chi connectivity index (χ2v) is 6.22. The minimum absolute atomic E-state index is 0.0543. The summed E-state index contributed by atoms with van der Waals surface area (Å²) in [4.78, 5) is 27.3. The van der Waals surface area contributed by atoms with Gasteiger partial charge in [0.1, 0.15) is 0 Å². The van der Waals surface area contributed by atoms with Crippen LogP contribution in [0.15, 0.2) is 18.2 Å². The number of nitrogens with zero attached hydrogens (tertiary/aromatic N) is 1. The van der Waals surface area contributed by atoms with Crippen molar-refractivity contribution in [3.05, 3.63) is 18.2 Å². The summed E-state index contributed by atoms with van der Waals surface area (Å²) in [5.74, 6) is 0.566. The van der Waals surface area contributed by atoms with Crippen molar-refractivity contribution < 1.29 is 9.59 Å². The van der Waals surface area contributed by atoms with Crippen molar-refractivity contribution in [2.75, 3.05) is 10.6 Å². The number of benzene rings is 1. The SMILES string of the molecule is CC(=O)Nc1ccc2nc(NC(=O)[C@@H]3C[C@@H]3C)sc2c1. The first-order valence-electron chi connectivity index (χ1n) is 6.52. The van der Waals surface area contributed by atoms with Crippen LogP contribution in [0.2, 0.25) is 0 Å². The number of amides is 2. The normalized spacial score (nSPS) is 20.7. The van der Waals surface area contributed by atoms with E-state index in [0.717, 1.165) is 22.3 Å². The van der Waals surface area contributed by atoms with Crippen LogP contribution in [0.4, 0.5) is 10.8 Å². The average molecular weight is 289 g/mol. The van der Waals surface area contributed by atoms with Crippen LogP contribution in [0.3, 0.4) is 0 Å². The Morgan fingerprint density at radius 1 is 1.35 bits per heavy atom. The zero-order valence-electron chi connectivity index (χ0n) is 11.3. The first kappa shape index (κ1) is 13.1. The van der Waals surface area contributed by atoms with Crippen LogP contribution in [0, 0.1) is 11.8 Å². The molecule has 2 aromatic rings. The van der Waals surface area contributed by atoms with E-state index < -0.39 is 0 Å². The summed E-state index contributed by atoms with van der Waals surface area (Å²) < 4.78 is 0.940. The Bertz CT molecular complexity index is 695. The smallest absolute Gasteiger partial charge is 0.229 e. The van der Waals surface area contributed by atoms with E-state index >= 15 is 0 Å². The Morgan fingerprint density at radius 2 is 2.10 bits per heavy atom. The van der Waals surface area contributed by atoms with Gasteiger partial charge in [0.15, 0.2) is 5.13 Å². The van der Waals surface area contributed by atoms with Crippen molar-refractivity contribution in [2.24, 2.45) is 11.8 Å². The van der Waals surface area contributed by atoms with Crippen LogP contribution >= 0.6 is 11.3 Å². The van der Waals surface area contributed by atoms with Crippen LogP contribution in [0.1, 0.15) is 20.3 Å². The van der Waals surface area contributed by atoms with Gasteiger partial charge in [-0.25, -0.2) is 4.98 Å². The highest BCUT2D eigenvalue weighted by Gasteiger charge is 2.39. The van der Waals surface area contributed by atoms with E-state index in [2.05, 4.69) is 22.5 Å². The summed E-state index contributed by atoms with van der Waals surface area (Å²) in [6.45, 7) is 3.54. The van der Waals surface area contributed by atoms with Gasteiger partial charge >= 0.3 is 0 Å². The van der Waals surface area contributed by atoms with Gasteiger partial charge in [-0.1, -0.05) is 18.3 Å². The number of rotatable bonds is 3. The molecule has 1 fully saturated rings. The van der Waals surface area contributed by atoms with E-state index in [1.54, 1.807) is 6.07 Å². The fourth-order valence-electron chi connectivity index (χ4n) is 2.14. The highest BCUT2D eigenvalue weighted by molar-refractivity contribution is 7.22. The van der Waals surface area contributed by atoms with E-state index in [1.165, 1.54) is 18.3 Å². The standard InChI is InChI=1S/C14H15N3O2S/c1-7-5-10(7)13(19)17-14-16-11-4-3-9(15-8(2)18)6-12(11)20-14/h3-4,6-7,10H,5H2,1-2H3,(H,15,18)(H,16,17,19)/t7-,10+/m0/s1. The summed E-state index contributed by atoms with van der Waals surface area (Å²) in [7, 11) is 0. The third-order valence-corrected chi connectivity index (χ3v) is 4.32. The van der Waals surface area contributed by atoms with E-state index in [4.69, 9.17) is 0 Å². The summed E-state index contributed by atoms with van der Waals surface area (Å²) in [6.07, 6.45) is 0.962. The molecular weight excluding hydrogens is 274 g/mol. The van der Waals surface area contributed by atoms with Crippen LogP contribution in [0.5, 0.6) is 0 Å². The molecule has 2 amide bonds. The Labute approximate surface area is 120 Å². The van der Waals surface area contributed by atoms with Crippen LogP contribution in [-0.4, -0.2) is 16.8 Å². The molecule has 0 unspecified atom stereocenters. The number of carbonyl (C=O) groups excluding carboxylic acids is 2. The van der Waals surface area contributed by atoms with E-state index in [9.17, 15) is 9.59 Å². The van der Waals surface area contributed by atoms with Crippen molar-refractivity contribution in [3.63, 3.8) is 0 Å². The molecule has 1 aromatic carbocycles. The molecule has 20 heavy (non-hydrogen) atoms. The van der Waals surface area contributed by atoms with E-state index in [1.807, 2.05) is 12.1 Å². The monoisotopic (exact) mass is 289 g/mol. The predicted octanol–water partition coefficient (Wildman–Crippen LogP) is 2.85. The molecule has 1 saturated carbocycles. The number of nitrogens with one attached hydrogen (secondary N) is 2. The van der Waals surface area contributed by atoms with Crippen molar-refractivity contribution >= 4 is 44.2 Å². The lowest BCUT2D eigenvalue weighted by Crippen LogP contribution is -2.14. The molecule has 0 aliphatic heterocycles. The van der Waals surface area contributed by atoms with Gasteiger partial charge in [-0.05, 0) is 30.5 Å². The number of aromatic nitrogens is 1. The van der Waals surface area contributed by atoms with Gasteiger partial charge in [-0.2, -0.15) is 0 Å². The molecule has 2 atom stereocenters. The minimum Gasteiger partial charge on any atom is -0.326 e. The van der Waals surface area contributed by atoms with Crippen LogP contribution in [0.25, 0.3) is 10.2 Å². The summed E-state index contributed by atoms with van der Waals surface area (Å²) in [5.41, 5.74) is 1.56. The lowest BCUT2D eigenvalue weighted by Gasteiger charge is -1.99. The molecule has 0 bridgehead atoms. The molecule has 0 radical (unpaired) electrons. The summed E-state index contributed by atoms with van der Waals surface area (Å²) in [6, 6.07) is 5.51. The van der Waals surface area contributed by atoms with E-state index in [-0.39, 0.29) is 17.7 Å². The average Bonchev–Trinajstić information content (AvgIpc) is 2.96. The van der Waals surface area contributed by atoms with Crippen LogP contribution in [-0.2, 0) is 9.59 Å². The molecule has 2 N–H and O–H groups in total. The van der Waals surface area contributed by atoms with Gasteiger partial charge in [0.05, 0.1) is 10.2 Å². The zero-order valence-corrected chi connectivity index (χ0v) is 12.1. The van der Waals surface area contributed by atoms with Crippen molar-refractivity contribution in [1.82, 2.24) is 4.98 Å². The maximum atomic E-state index is 11.9. The van der Waals surface area contributed by atoms with Crippen LogP contribution < -0.4 is 10.6 Å². The van der Waals surface area contributed by atoms with Crippen molar-refractivity contribution in [3.8, 4) is 0 Å². The molecule has 5 nitrogen and oxygen atoms in total. The third-order valence-electron chi connectivity index (χ3n) is 3.39. The molecular formula is C14H15N3O2S. The quantitative estimate of drug-likeness (QED) is 0.912. The molecule has 1 aliphatic rings. The Morgan fingerprint density at radius 3 is 2.75 bits per heavy atom. The highest BCUT2D eigenvalue weighted by atomic mass is 32.1. The topological polar surface area (TPSA) is 71.1 Å². The molecule has 1 aromatic heterocycles. The van der Waals surface area contributed by atoms with Gasteiger partial charge in [0.2, 0.25) is 11.8 Å². The molecule has 1 aliphatic carbocycles. The predicted molar refractivity (Wildman–Crippen MR) is 79.8 cm³/mol. The lowest BCUT2D eigenvalue weighted by atomic mass is 10.3. The number of hydrogen-bond donors (Lipinski definition) is 2. The first-order chi connectivity index (χ1) is 9.52. The van der Waals surface area contributed by atoms with Gasteiger partial charge in [0.25, 0.3) is 0 Å². The molecule has 0 spiro atoms. The van der Waals surface area contributed by atoms with Crippen molar-refractivity contribution in [1.29, 1.82) is 0 Å². The maximum Gasteiger partial charge on any atom is 0.229 e. The molecule has 104 valence electrons. The fourth-order valence-corrected chi connectivity index (χ4v) is 3.05.